The fraction of sp³-hybridized carbons (Fsp3) is 1.00. The summed E-state index contributed by atoms with van der Waals surface area (Å²) in [6.07, 6.45) is 27.7. The van der Waals surface area contributed by atoms with E-state index >= 15 is 0 Å². The lowest BCUT2D eigenvalue weighted by molar-refractivity contribution is -0.385. The molecule has 662 valence electrons. The first-order valence-electron chi connectivity index (χ1n) is 43.2. The molecule has 0 spiro atoms. The molecule has 0 amide bonds. The summed E-state index contributed by atoms with van der Waals surface area (Å²) < 4.78 is 98.1. The lowest BCUT2D eigenvalue weighted by atomic mass is 9.94. The number of aliphatic hydroxyl groups is 10. The van der Waals surface area contributed by atoms with Crippen LogP contribution in [-0.4, -0.2) is 329 Å². The van der Waals surface area contributed by atoms with Crippen LogP contribution >= 0.6 is 0 Å². The third-order valence-corrected chi connectivity index (χ3v) is 18.8. The molecule has 0 aliphatic heterocycles. The standard InChI is InChI=1S/C83H167O27/c1-6-10-14-18-22-26-30-34-41-95-45-39-71(91)52-100-68-83(5,70-102-63-80(59-97-54-73(93)47-86)110-67-81(106-55-74(94)48-87)61-98-56-76(49-88)104-43-36-32-28-24-20-16-12-8-3)69-101-57-77(50-89)107-66-82(108-64-75(38-40-84)103-42-35-31-27-23-19-15-11-7-2)62-99-60-79(58-96-53-72(92)46-85)109-65-78(51-90)105-44-37-33-29-25-21-17-13-9-4/h71-82,84,86-94H,6-70H2,1-5H3/q-1. The maximum Gasteiger partial charge on any atom is 0.104 e. The van der Waals surface area contributed by atoms with E-state index in [1.54, 1.807) is 0 Å². The minimum Gasteiger partial charge on any atom is -0.853 e. The Balaban J connectivity index is 6.61. The summed E-state index contributed by atoms with van der Waals surface area (Å²) >= 11 is 0. The van der Waals surface area contributed by atoms with Gasteiger partial charge in [0.15, 0.2) is 0 Å². The molecule has 27 heteroatoms. The maximum absolute atomic E-state index is 11.4. The Morgan fingerprint density at radius 3 is 0.909 bits per heavy atom. The molecule has 0 aromatic carbocycles. The predicted molar refractivity (Wildman–Crippen MR) is 424 cm³/mol. The van der Waals surface area contributed by atoms with Crippen LogP contribution in [-0.2, 0) is 75.8 Å². The van der Waals surface area contributed by atoms with Crippen molar-refractivity contribution in [2.24, 2.45) is 5.41 Å². The molecule has 0 saturated heterocycles. The first kappa shape index (κ1) is 109. The van der Waals surface area contributed by atoms with Gasteiger partial charge in [-0.3, -0.25) is 0 Å². The highest BCUT2D eigenvalue weighted by atomic mass is 16.6. The number of aliphatic hydroxyl groups excluding tert-OH is 10. The van der Waals surface area contributed by atoms with Gasteiger partial charge >= 0.3 is 0 Å². The van der Waals surface area contributed by atoms with Crippen molar-refractivity contribution in [1.82, 2.24) is 0 Å². The second kappa shape index (κ2) is 83.0. The maximum atomic E-state index is 11.4. The van der Waals surface area contributed by atoms with E-state index in [1.807, 2.05) is 6.92 Å². The summed E-state index contributed by atoms with van der Waals surface area (Å²) in [5.41, 5.74) is -0.896. The van der Waals surface area contributed by atoms with Crippen LogP contribution in [0.4, 0.5) is 0 Å². The molecule has 0 radical (unpaired) electrons. The summed E-state index contributed by atoms with van der Waals surface area (Å²) in [5, 5.41) is 113. The van der Waals surface area contributed by atoms with E-state index in [0.717, 1.165) is 70.6 Å². The molecule has 13 unspecified atom stereocenters. The molecule has 110 heavy (non-hydrogen) atoms. The number of rotatable bonds is 93. The number of hydrogen-bond acceptors (Lipinski definition) is 27. The molecule has 0 saturated carbocycles. The van der Waals surface area contributed by atoms with E-state index in [0.29, 0.717) is 45.9 Å². The summed E-state index contributed by atoms with van der Waals surface area (Å²) in [6, 6.07) is 0. The van der Waals surface area contributed by atoms with Gasteiger partial charge in [0.05, 0.1) is 177 Å². The first-order valence-corrected chi connectivity index (χ1v) is 43.2. The van der Waals surface area contributed by atoms with Gasteiger partial charge in [-0.25, -0.2) is 0 Å². The van der Waals surface area contributed by atoms with Crippen molar-refractivity contribution in [1.29, 1.82) is 0 Å². The van der Waals surface area contributed by atoms with Crippen LogP contribution in [0.3, 0.4) is 0 Å². The second-order valence-corrected chi connectivity index (χ2v) is 30.3. The van der Waals surface area contributed by atoms with E-state index in [2.05, 4.69) is 27.7 Å². The number of unbranched alkanes of at least 4 members (excludes halogenated alkanes) is 28. The third-order valence-electron chi connectivity index (χ3n) is 18.8. The highest BCUT2D eigenvalue weighted by molar-refractivity contribution is 4.76. The van der Waals surface area contributed by atoms with Gasteiger partial charge in [-0.15, -0.1) is 6.61 Å². The molecule has 0 aliphatic rings. The largest absolute Gasteiger partial charge is 0.853 e. The van der Waals surface area contributed by atoms with Gasteiger partial charge in [-0.1, -0.05) is 214 Å². The Bertz CT molecular complexity index is 1800. The summed E-state index contributed by atoms with van der Waals surface area (Å²) in [4.78, 5) is 0. The molecule has 0 bridgehead atoms. The van der Waals surface area contributed by atoms with Crippen molar-refractivity contribution in [3.05, 3.63) is 0 Å². The van der Waals surface area contributed by atoms with Gasteiger partial charge in [-0.2, -0.15) is 0 Å². The van der Waals surface area contributed by atoms with Crippen molar-refractivity contribution in [3.63, 3.8) is 0 Å². The van der Waals surface area contributed by atoms with Crippen molar-refractivity contribution in [3.8, 4) is 0 Å². The van der Waals surface area contributed by atoms with Crippen LogP contribution in [0.25, 0.3) is 0 Å². The molecule has 0 aromatic rings. The molecule has 0 rings (SSSR count). The van der Waals surface area contributed by atoms with Crippen molar-refractivity contribution >= 4 is 0 Å². The van der Waals surface area contributed by atoms with Crippen molar-refractivity contribution in [2.45, 2.75) is 326 Å². The van der Waals surface area contributed by atoms with Crippen LogP contribution in [0.5, 0.6) is 0 Å². The van der Waals surface area contributed by atoms with Gasteiger partial charge in [-0.05, 0) is 38.5 Å². The first-order chi connectivity index (χ1) is 53.7. The molecular formula is C83H167O27-. The zero-order valence-electron chi connectivity index (χ0n) is 69.8. The Hall–Kier alpha value is -1.08. The SMILES string of the molecule is CCCCCCCCCCOCCC(O)COCC(C)(COCC(CO)OCC(COCC(COCC(O)C[O-])OCC(CO)OCCCCCCCCCC)OCC(CCO)OCCCCCCCCCC)COCC(COCC(O)CO)OCC(COCC(CO)OCCCCCCCCCC)OCC(O)CO. The zero-order chi connectivity index (χ0) is 80.7. The van der Waals surface area contributed by atoms with Gasteiger partial charge in [0.2, 0.25) is 0 Å². The monoisotopic (exact) mass is 1600 g/mol. The Labute approximate surface area is 665 Å². The minimum absolute atomic E-state index is 0.000979. The number of hydrogen-bond donors (Lipinski definition) is 10. The Morgan fingerprint density at radius 2 is 0.509 bits per heavy atom. The Morgan fingerprint density at radius 1 is 0.236 bits per heavy atom. The van der Waals surface area contributed by atoms with Gasteiger partial charge in [0.1, 0.15) is 54.9 Å². The number of ether oxygens (including phenoxy) is 16. The lowest BCUT2D eigenvalue weighted by Crippen LogP contribution is -2.40. The van der Waals surface area contributed by atoms with Crippen LogP contribution in [0.2, 0.25) is 0 Å². The zero-order valence-corrected chi connectivity index (χ0v) is 69.8. The predicted octanol–water partition coefficient (Wildman–Crippen LogP) is 8.31. The smallest absolute Gasteiger partial charge is 0.104 e. The molecular weight excluding hydrogens is 1430 g/mol. The average molecular weight is 1600 g/mol. The lowest BCUT2D eigenvalue weighted by Gasteiger charge is -2.31. The van der Waals surface area contributed by atoms with Crippen LogP contribution < -0.4 is 5.11 Å². The van der Waals surface area contributed by atoms with Crippen LogP contribution in [0.15, 0.2) is 0 Å². The highest BCUT2D eigenvalue weighted by Crippen LogP contribution is 2.22. The van der Waals surface area contributed by atoms with E-state index in [1.165, 1.54) is 135 Å². The van der Waals surface area contributed by atoms with Crippen LogP contribution in [0, 0.1) is 5.41 Å². The molecule has 0 aromatic heterocycles. The van der Waals surface area contributed by atoms with Crippen molar-refractivity contribution in [2.75, 3.05) is 205 Å². The third kappa shape index (κ3) is 71.1. The highest BCUT2D eigenvalue weighted by Gasteiger charge is 2.30. The summed E-state index contributed by atoms with van der Waals surface area (Å²) in [6.45, 7) is 9.41. The molecule has 0 aliphatic carbocycles. The van der Waals surface area contributed by atoms with Crippen molar-refractivity contribution < 1.29 is 132 Å². The molecule has 0 heterocycles. The Kier molecular flexibility index (Phi) is 82.2. The second-order valence-electron chi connectivity index (χ2n) is 30.3. The summed E-state index contributed by atoms with van der Waals surface area (Å²) in [7, 11) is 0. The molecule has 27 nitrogen and oxygen atoms in total. The van der Waals surface area contributed by atoms with Gasteiger partial charge < -0.3 is 132 Å². The van der Waals surface area contributed by atoms with Gasteiger partial charge in [0.25, 0.3) is 0 Å². The fourth-order valence-corrected chi connectivity index (χ4v) is 11.7. The molecule has 10 N–H and O–H groups in total. The van der Waals surface area contributed by atoms with E-state index in [9.17, 15) is 56.2 Å². The molecule has 0 fully saturated rings. The van der Waals surface area contributed by atoms with E-state index in [4.69, 9.17) is 75.8 Å². The normalized spacial score (nSPS) is 16.0. The quantitative estimate of drug-likeness (QED) is 0.0256. The van der Waals surface area contributed by atoms with E-state index < -0.39 is 105 Å². The minimum atomic E-state index is -1.21. The summed E-state index contributed by atoms with van der Waals surface area (Å²) in [5.74, 6) is 0. The van der Waals surface area contributed by atoms with Gasteiger partial charge in [0, 0.05) is 45.1 Å². The van der Waals surface area contributed by atoms with E-state index in [-0.39, 0.29) is 145 Å². The van der Waals surface area contributed by atoms with Crippen LogP contribution in [0.1, 0.15) is 253 Å². The average Bonchev–Trinajstić information content (AvgIpc) is 0.882. The topological polar surface area (TPSA) is 373 Å². The molecule has 13 atom stereocenters. The fourth-order valence-electron chi connectivity index (χ4n) is 11.7.